The SMILES string of the molecule is CCNC(=NCCC1CCN(CC)CC1)NC(C)Cc1ccc(C)s1.I. The van der Waals surface area contributed by atoms with Crippen molar-refractivity contribution in [1.29, 1.82) is 0 Å². The van der Waals surface area contributed by atoms with Gasteiger partial charge in [0, 0.05) is 35.3 Å². The van der Waals surface area contributed by atoms with Crippen LogP contribution in [0.3, 0.4) is 0 Å². The number of thiophene rings is 1. The normalized spacial score (nSPS) is 17.6. The Morgan fingerprint density at radius 2 is 2.04 bits per heavy atom. The van der Waals surface area contributed by atoms with Crippen molar-refractivity contribution in [2.45, 2.75) is 59.4 Å². The van der Waals surface area contributed by atoms with Crippen LogP contribution < -0.4 is 10.6 Å². The third-order valence-corrected chi connectivity index (χ3v) is 6.02. The first-order valence-corrected chi connectivity index (χ1v) is 10.7. The summed E-state index contributed by atoms with van der Waals surface area (Å²) in [5, 5.41) is 6.96. The van der Waals surface area contributed by atoms with Gasteiger partial charge in [0.15, 0.2) is 5.96 Å². The molecule has 1 unspecified atom stereocenters. The molecule has 4 nitrogen and oxygen atoms in total. The van der Waals surface area contributed by atoms with E-state index in [0.29, 0.717) is 6.04 Å². The van der Waals surface area contributed by atoms with Crippen molar-refractivity contribution in [3.8, 4) is 0 Å². The van der Waals surface area contributed by atoms with Crippen molar-refractivity contribution < 1.29 is 0 Å². The minimum absolute atomic E-state index is 0. The van der Waals surface area contributed by atoms with Crippen molar-refractivity contribution in [1.82, 2.24) is 15.5 Å². The second kappa shape index (κ2) is 12.9. The zero-order chi connectivity index (χ0) is 18.1. The van der Waals surface area contributed by atoms with Crippen molar-refractivity contribution >= 4 is 41.3 Å². The summed E-state index contributed by atoms with van der Waals surface area (Å²) in [5.74, 6) is 1.82. The maximum atomic E-state index is 4.82. The Hall–Kier alpha value is -0.340. The highest BCUT2D eigenvalue weighted by molar-refractivity contribution is 14.0. The Morgan fingerprint density at radius 1 is 1.31 bits per heavy atom. The van der Waals surface area contributed by atoms with Gasteiger partial charge in [-0.25, -0.2) is 0 Å². The Balaban J connectivity index is 0.00000338. The molecule has 0 radical (unpaired) electrons. The molecule has 0 spiro atoms. The number of nitrogens with one attached hydrogen (secondary N) is 2. The molecule has 6 heteroatoms. The fraction of sp³-hybridized carbons (Fsp3) is 0.750. The summed E-state index contributed by atoms with van der Waals surface area (Å²) in [6.07, 6.45) is 4.94. The van der Waals surface area contributed by atoms with Crippen molar-refractivity contribution in [2.24, 2.45) is 10.9 Å². The van der Waals surface area contributed by atoms with Crippen LogP contribution in [-0.2, 0) is 6.42 Å². The van der Waals surface area contributed by atoms with Crippen LogP contribution in [0, 0.1) is 12.8 Å². The van der Waals surface area contributed by atoms with E-state index in [4.69, 9.17) is 4.99 Å². The van der Waals surface area contributed by atoms with E-state index in [2.05, 4.69) is 55.4 Å². The van der Waals surface area contributed by atoms with Gasteiger partial charge in [-0.15, -0.1) is 35.3 Å². The highest BCUT2D eigenvalue weighted by Gasteiger charge is 2.17. The molecule has 0 saturated carbocycles. The first-order valence-electron chi connectivity index (χ1n) is 9.93. The van der Waals surface area contributed by atoms with Crippen LogP contribution in [0.25, 0.3) is 0 Å². The number of rotatable bonds is 8. The van der Waals surface area contributed by atoms with Gasteiger partial charge in [0.25, 0.3) is 0 Å². The van der Waals surface area contributed by atoms with Crippen LogP contribution >= 0.6 is 35.3 Å². The number of hydrogen-bond donors (Lipinski definition) is 2. The number of halogens is 1. The van der Waals surface area contributed by atoms with E-state index in [1.165, 1.54) is 48.7 Å². The number of guanidine groups is 1. The van der Waals surface area contributed by atoms with Crippen LogP contribution in [0.5, 0.6) is 0 Å². The number of piperidine rings is 1. The molecule has 1 aliphatic heterocycles. The van der Waals surface area contributed by atoms with Crippen LogP contribution in [0.4, 0.5) is 0 Å². The predicted octanol–water partition coefficient (Wildman–Crippen LogP) is 4.28. The fourth-order valence-electron chi connectivity index (χ4n) is 3.45. The van der Waals surface area contributed by atoms with Gasteiger partial charge in [0.05, 0.1) is 0 Å². The molecule has 1 aromatic rings. The van der Waals surface area contributed by atoms with Crippen molar-refractivity contribution in [3.05, 3.63) is 21.9 Å². The van der Waals surface area contributed by atoms with Gasteiger partial charge in [-0.1, -0.05) is 6.92 Å². The van der Waals surface area contributed by atoms with E-state index in [0.717, 1.165) is 31.4 Å². The first kappa shape index (κ1) is 23.7. The van der Waals surface area contributed by atoms with Crippen LogP contribution in [0.1, 0.15) is 49.8 Å². The summed E-state index contributed by atoms with van der Waals surface area (Å²) in [7, 11) is 0. The second-order valence-corrected chi connectivity index (χ2v) is 8.56. The Morgan fingerprint density at radius 3 is 2.62 bits per heavy atom. The van der Waals surface area contributed by atoms with Gasteiger partial charge in [-0.2, -0.15) is 0 Å². The molecule has 0 amide bonds. The average molecular weight is 493 g/mol. The maximum Gasteiger partial charge on any atom is 0.191 e. The van der Waals surface area contributed by atoms with Crippen LogP contribution in [-0.4, -0.2) is 49.6 Å². The van der Waals surface area contributed by atoms with E-state index < -0.39 is 0 Å². The van der Waals surface area contributed by atoms with E-state index in [9.17, 15) is 0 Å². The summed E-state index contributed by atoms with van der Waals surface area (Å²) in [6.45, 7) is 14.4. The summed E-state index contributed by atoms with van der Waals surface area (Å²) in [6, 6.07) is 4.84. The summed E-state index contributed by atoms with van der Waals surface area (Å²) in [5.41, 5.74) is 0. The van der Waals surface area contributed by atoms with Gasteiger partial charge in [0.2, 0.25) is 0 Å². The molecule has 0 aromatic carbocycles. The number of likely N-dealkylation sites (tertiary alicyclic amines) is 1. The number of aliphatic imine (C=N–C) groups is 1. The minimum Gasteiger partial charge on any atom is -0.357 e. The predicted molar refractivity (Wildman–Crippen MR) is 126 cm³/mol. The smallest absolute Gasteiger partial charge is 0.191 e. The Kier molecular flexibility index (Phi) is 11.8. The Labute approximate surface area is 181 Å². The van der Waals surface area contributed by atoms with Crippen LogP contribution in [0.15, 0.2) is 17.1 Å². The lowest BCUT2D eigenvalue weighted by Gasteiger charge is -2.30. The molecule has 150 valence electrons. The minimum atomic E-state index is 0. The molecule has 0 bridgehead atoms. The van der Waals surface area contributed by atoms with Gasteiger partial charge in [0.1, 0.15) is 0 Å². The standard InChI is InChI=1S/C20H36N4S.HI/c1-5-21-20(23-16(3)15-19-8-7-17(4)25-19)22-12-9-18-10-13-24(6-2)14-11-18;/h7-8,16,18H,5-6,9-15H2,1-4H3,(H2,21,22,23);1H. The van der Waals surface area contributed by atoms with E-state index in [-0.39, 0.29) is 24.0 Å². The third kappa shape index (κ3) is 8.57. The molecule has 2 rings (SSSR count). The van der Waals surface area contributed by atoms with Gasteiger partial charge >= 0.3 is 0 Å². The largest absolute Gasteiger partial charge is 0.357 e. The summed E-state index contributed by atoms with van der Waals surface area (Å²) < 4.78 is 0. The molecule has 1 fully saturated rings. The molecule has 1 atom stereocenters. The molecular weight excluding hydrogens is 455 g/mol. The van der Waals surface area contributed by atoms with E-state index >= 15 is 0 Å². The maximum absolute atomic E-state index is 4.82. The lowest BCUT2D eigenvalue weighted by molar-refractivity contribution is 0.188. The van der Waals surface area contributed by atoms with E-state index in [1.807, 2.05) is 11.3 Å². The summed E-state index contributed by atoms with van der Waals surface area (Å²) >= 11 is 1.89. The molecule has 1 saturated heterocycles. The first-order chi connectivity index (χ1) is 12.1. The highest BCUT2D eigenvalue weighted by atomic mass is 127. The fourth-order valence-corrected chi connectivity index (χ4v) is 4.47. The van der Waals surface area contributed by atoms with Gasteiger partial charge < -0.3 is 15.5 Å². The molecule has 26 heavy (non-hydrogen) atoms. The monoisotopic (exact) mass is 492 g/mol. The third-order valence-electron chi connectivity index (χ3n) is 4.99. The molecule has 1 aliphatic rings. The topological polar surface area (TPSA) is 39.7 Å². The van der Waals surface area contributed by atoms with Crippen molar-refractivity contribution in [2.75, 3.05) is 32.7 Å². The number of nitrogens with zero attached hydrogens (tertiary/aromatic N) is 2. The van der Waals surface area contributed by atoms with E-state index in [1.54, 1.807) is 0 Å². The molecular formula is C20H37IN4S. The van der Waals surface area contributed by atoms with Gasteiger partial charge in [-0.3, -0.25) is 4.99 Å². The average Bonchev–Trinajstić information content (AvgIpc) is 3.00. The lowest BCUT2D eigenvalue weighted by Crippen LogP contribution is -2.43. The molecule has 0 aliphatic carbocycles. The quantitative estimate of drug-likeness (QED) is 0.323. The molecule has 1 aromatic heterocycles. The van der Waals surface area contributed by atoms with Crippen LogP contribution in [0.2, 0.25) is 0 Å². The molecule has 2 N–H and O–H groups in total. The highest BCUT2D eigenvalue weighted by Crippen LogP contribution is 2.20. The van der Waals surface area contributed by atoms with Gasteiger partial charge in [-0.05, 0) is 77.7 Å². The second-order valence-electron chi connectivity index (χ2n) is 7.19. The Bertz CT molecular complexity index is 524. The number of hydrogen-bond acceptors (Lipinski definition) is 3. The zero-order valence-corrected chi connectivity index (χ0v) is 20.0. The van der Waals surface area contributed by atoms with Crippen molar-refractivity contribution in [3.63, 3.8) is 0 Å². The summed E-state index contributed by atoms with van der Waals surface area (Å²) in [4.78, 5) is 10.2. The number of aryl methyl sites for hydroxylation is 1. The lowest BCUT2D eigenvalue weighted by atomic mass is 9.94. The zero-order valence-electron chi connectivity index (χ0n) is 16.9. The molecule has 2 heterocycles.